The number of hydrazine groups is 1. The van der Waals surface area contributed by atoms with Gasteiger partial charge in [0.05, 0.1) is 6.54 Å². The van der Waals surface area contributed by atoms with Crippen LogP contribution >= 0.6 is 0 Å². The molecule has 0 saturated carbocycles. The molecule has 2 heterocycles. The van der Waals surface area contributed by atoms with E-state index in [1.54, 1.807) is 11.3 Å². The van der Waals surface area contributed by atoms with E-state index in [0.29, 0.717) is 5.96 Å². The van der Waals surface area contributed by atoms with E-state index in [2.05, 4.69) is 15.4 Å². The quantitative estimate of drug-likeness (QED) is 0.518. The van der Waals surface area contributed by atoms with Gasteiger partial charge in [-0.3, -0.25) is 5.43 Å². The van der Waals surface area contributed by atoms with E-state index in [1.165, 1.54) is 0 Å². The number of nitrogens with one attached hydrogen (secondary N) is 1. The van der Waals surface area contributed by atoms with Crippen LogP contribution in [0.1, 0.15) is 6.92 Å². The van der Waals surface area contributed by atoms with E-state index in [9.17, 15) is 0 Å². The van der Waals surface area contributed by atoms with Gasteiger partial charge >= 0.3 is 0 Å². The molecule has 0 bridgehead atoms. The maximum Gasteiger partial charge on any atom is 0.246 e. The second-order valence-electron chi connectivity index (χ2n) is 2.13. The van der Waals surface area contributed by atoms with Gasteiger partial charge in [-0.15, -0.1) is 0 Å². The molecule has 2 aliphatic heterocycles. The third-order valence-electron chi connectivity index (χ3n) is 1.33. The second-order valence-corrected chi connectivity index (χ2v) is 2.13. The van der Waals surface area contributed by atoms with Gasteiger partial charge in [-0.05, 0) is 13.0 Å². The smallest absolute Gasteiger partial charge is 0.246 e. The fourth-order valence-electron chi connectivity index (χ4n) is 0.839. The van der Waals surface area contributed by atoms with E-state index in [-0.39, 0.29) is 0 Å². The SMILES string of the molecule is CC1=C[CH]N2NC=NC2=N1. The molecule has 1 radical (unpaired) electrons. The monoisotopic (exact) mass is 135 g/mol. The molecule has 0 unspecified atom stereocenters. The third-order valence-corrected chi connectivity index (χ3v) is 1.33. The first-order valence-corrected chi connectivity index (χ1v) is 3.05. The molecule has 4 nitrogen and oxygen atoms in total. The molecule has 0 amide bonds. The highest BCUT2D eigenvalue weighted by Crippen LogP contribution is 2.10. The van der Waals surface area contributed by atoms with Crippen LogP contribution in [0.15, 0.2) is 21.8 Å². The lowest BCUT2D eigenvalue weighted by Crippen LogP contribution is -2.33. The molecule has 51 valence electrons. The van der Waals surface area contributed by atoms with Gasteiger partial charge in [0.25, 0.3) is 0 Å². The maximum atomic E-state index is 4.16. The van der Waals surface area contributed by atoms with Gasteiger partial charge in [-0.2, -0.15) is 0 Å². The van der Waals surface area contributed by atoms with Gasteiger partial charge in [0.15, 0.2) is 0 Å². The zero-order valence-electron chi connectivity index (χ0n) is 5.57. The molecular formula is C6H7N4. The van der Waals surface area contributed by atoms with Gasteiger partial charge < -0.3 is 0 Å². The third kappa shape index (κ3) is 0.689. The Morgan fingerprint density at radius 3 is 3.40 bits per heavy atom. The van der Waals surface area contributed by atoms with Crippen LogP contribution in [0.25, 0.3) is 0 Å². The maximum absolute atomic E-state index is 4.16. The Morgan fingerprint density at radius 2 is 2.50 bits per heavy atom. The Balaban J connectivity index is 2.31. The molecule has 0 atom stereocenters. The molecular weight excluding hydrogens is 128 g/mol. The van der Waals surface area contributed by atoms with Crippen molar-refractivity contribution in [3.63, 3.8) is 0 Å². The van der Waals surface area contributed by atoms with Gasteiger partial charge in [-0.25, -0.2) is 15.0 Å². The van der Waals surface area contributed by atoms with Crippen LogP contribution in [-0.2, 0) is 0 Å². The van der Waals surface area contributed by atoms with Crippen molar-refractivity contribution in [2.45, 2.75) is 6.92 Å². The van der Waals surface area contributed by atoms with Gasteiger partial charge in [0.2, 0.25) is 5.96 Å². The van der Waals surface area contributed by atoms with Crippen molar-refractivity contribution in [2.24, 2.45) is 9.98 Å². The van der Waals surface area contributed by atoms with Gasteiger partial charge in [-0.1, -0.05) is 0 Å². The Hall–Kier alpha value is -1.32. The highest BCUT2D eigenvalue weighted by Gasteiger charge is 2.16. The Labute approximate surface area is 58.9 Å². The normalized spacial score (nSPS) is 21.5. The minimum Gasteiger partial charge on any atom is -0.284 e. The lowest BCUT2D eigenvalue weighted by atomic mass is 10.4. The lowest BCUT2D eigenvalue weighted by molar-refractivity contribution is 0.483. The molecule has 0 aromatic rings. The summed E-state index contributed by atoms with van der Waals surface area (Å²) in [6.07, 6.45) is 3.53. The van der Waals surface area contributed by atoms with Crippen LogP contribution in [0.4, 0.5) is 0 Å². The van der Waals surface area contributed by atoms with E-state index in [0.717, 1.165) is 5.70 Å². The van der Waals surface area contributed by atoms with Gasteiger partial charge in [0, 0.05) is 5.70 Å². The minimum atomic E-state index is 0.708. The van der Waals surface area contributed by atoms with Crippen LogP contribution in [0, 0.1) is 6.54 Å². The summed E-state index contributed by atoms with van der Waals surface area (Å²) in [5.41, 5.74) is 3.87. The molecule has 10 heavy (non-hydrogen) atoms. The number of hydrogen-bond donors (Lipinski definition) is 1. The second kappa shape index (κ2) is 1.83. The molecule has 0 aliphatic carbocycles. The highest BCUT2D eigenvalue weighted by molar-refractivity contribution is 5.93. The first kappa shape index (κ1) is 5.46. The fraction of sp³-hybridized carbons (Fsp3) is 0.167. The average molecular weight is 135 g/mol. The molecule has 0 saturated heterocycles. The number of aliphatic imine (C=N–C) groups is 2. The summed E-state index contributed by atoms with van der Waals surface area (Å²) in [6.45, 7) is 3.83. The predicted octanol–water partition coefficient (Wildman–Crippen LogP) is 0.270. The Morgan fingerprint density at radius 1 is 1.60 bits per heavy atom. The van der Waals surface area contributed by atoms with E-state index in [4.69, 9.17) is 0 Å². The van der Waals surface area contributed by atoms with Crippen molar-refractivity contribution >= 4 is 12.3 Å². The van der Waals surface area contributed by atoms with Crippen molar-refractivity contribution in [1.29, 1.82) is 0 Å². The summed E-state index contributed by atoms with van der Waals surface area (Å²) in [6, 6.07) is 0. The van der Waals surface area contributed by atoms with Crippen LogP contribution in [0.5, 0.6) is 0 Å². The lowest BCUT2D eigenvalue weighted by Gasteiger charge is -2.17. The fourth-order valence-corrected chi connectivity index (χ4v) is 0.839. The first-order valence-electron chi connectivity index (χ1n) is 3.05. The van der Waals surface area contributed by atoms with Crippen molar-refractivity contribution in [3.8, 4) is 0 Å². The Bertz CT molecular complexity index is 238. The predicted molar refractivity (Wildman–Crippen MR) is 39.0 cm³/mol. The van der Waals surface area contributed by atoms with Crippen molar-refractivity contribution in [2.75, 3.05) is 0 Å². The van der Waals surface area contributed by atoms with Crippen LogP contribution in [0.2, 0.25) is 0 Å². The molecule has 1 N–H and O–H groups in total. The number of hydrogen-bond acceptors (Lipinski definition) is 4. The standard InChI is InChI=1S/C6H7N4/c1-5-2-3-10-6(9-5)7-4-8-10/h2-4H,1H3,(H,7,8,9). The van der Waals surface area contributed by atoms with Crippen LogP contribution in [0.3, 0.4) is 0 Å². The van der Waals surface area contributed by atoms with Gasteiger partial charge in [0.1, 0.15) is 6.34 Å². The summed E-state index contributed by atoms with van der Waals surface area (Å²) in [4.78, 5) is 8.13. The van der Waals surface area contributed by atoms with Crippen molar-refractivity contribution in [1.82, 2.24) is 10.4 Å². The van der Waals surface area contributed by atoms with E-state index >= 15 is 0 Å². The number of guanidine groups is 1. The van der Waals surface area contributed by atoms with Crippen LogP contribution < -0.4 is 5.43 Å². The molecule has 2 aliphatic rings. The topological polar surface area (TPSA) is 40.0 Å². The largest absolute Gasteiger partial charge is 0.284 e. The molecule has 4 heteroatoms. The van der Waals surface area contributed by atoms with E-state index < -0.39 is 0 Å². The number of fused-ring (bicyclic) bond motifs is 1. The Kier molecular flexibility index (Phi) is 1.00. The molecule has 0 aromatic heterocycles. The molecule has 2 rings (SSSR count). The van der Waals surface area contributed by atoms with Crippen molar-refractivity contribution in [3.05, 3.63) is 18.3 Å². The number of nitrogens with zero attached hydrogens (tertiary/aromatic N) is 3. The summed E-state index contributed by atoms with van der Waals surface area (Å²) >= 11 is 0. The summed E-state index contributed by atoms with van der Waals surface area (Å²) in [7, 11) is 0. The summed E-state index contributed by atoms with van der Waals surface area (Å²) < 4.78 is 0. The number of rotatable bonds is 0. The molecule has 0 aromatic carbocycles. The molecule has 0 fully saturated rings. The number of allylic oxidation sites excluding steroid dienone is 1. The van der Waals surface area contributed by atoms with E-state index in [1.807, 2.05) is 19.5 Å². The zero-order valence-corrected chi connectivity index (χ0v) is 5.57. The highest BCUT2D eigenvalue weighted by atomic mass is 15.6. The van der Waals surface area contributed by atoms with Crippen LogP contribution in [-0.4, -0.2) is 17.3 Å². The summed E-state index contributed by atoms with van der Waals surface area (Å²) in [5.74, 6) is 0.708. The summed E-state index contributed by atoms with van der Waals surface area (Å²) in [5, 5.41) is 1.76. The molecule has 0 spiro atoms. The first-order chi connectivity index (χ1) is 4.86. The minimum absolute atomic E-state index is 0.708. The average Bonchev–Trinajstić information content (AvgIpc) is 2.33. The zero-order chi connectivity index (χ0) is 6.97. The van der Waals surface area contributed by atoms with Crippen molar-refractivity contribution < 1.29 is 0 Å².